The van der Waals surface area contributed by atoms with Crippen LogP contribution in [-0.4, -0.2) is 18.7 Å². The molecular formula is C16H17Cl3INO. The summed E-state index contributed by atoms with van der Waals surface area (Å²) in [6, 6.07) is 13.4. The highest BCUT2D eigenvalue weighted by molar-refractivity contribution is 14.1. The zero-order valence-corrected chi connectivity index (χ0v) is 16.4. The van der Waals surface area contributed by atoms with Gasteiger partial charge < -0.3 is 10.4 Å². The van der Waals surface area contributed by atoms with Crippen LogP contribution >= 0.6 is 58.2 Å². The van der Waals surface area contributed by atoms with E-state index in [1.807, 2.05) is 43.4 Å². The number of aliphatic hydroxyl groups is 1. The van der Waals surface area contributed by atoms with Crippen molar-refractivity contribution in [3.8, 4) is 0 Å². The van der Waals surface area contributed by atoms with Gasteiger partial charge in [-0.25, -0.2) is 0 Å². The number of rotatable bonds is 5. The lowest BCUT2D eigenvalue weighted by Crippen LogP contribution is -2.23. The van der Waals surface area contributed by atoms with Crippen LogP contribution in [0, 0.1) is 3.57 Å². The molecule has 6 heteroatoms. The summed E-state index contributed by atoms with van der Waals surface area (Å²) >= 11 is 14.3. The molecule has 0 saturated carbocycles. The molecular weight excluding hydrogens is 455 g/mol. The number of benzene rings is 2. The van der Waals surface area contributed by atoms with E-state index < -0.39 is 6.10 Å². The van der Waals surface area contributed by atoms with Crippen molar-refractivity contribution in [1.29, 1.82) is 0 Å². The van der Waals surface area contributed by atoms with Gasteiger partial charge in [0.15, 0.2) is 0 Å². The van der Waals surface area contributed by atoms with Crippen LogP contribution in [0.2, 0.25) is 10.0 Å². The number of hydrogen-bond acceptors (Lipinski definition) is 2. The molecule has 0 spiro atoms. The molecule has 0 aliphatic carbocycles. The number of nitrogens with one attached hydrogen (secondary N) is 1. The molecule has 0 bridgehead atoms. The first kappa shape index (κ1) is 20.0. The van der Waals surface area contributed by atoms with Gasteiger partial charge in [0.1, 0.15) is 0 Å². The third kappa shape index (κ3) is 4.98. The standard InChI is InChI=1S/C16H16Cl2INO.ClH/c1-20-9-13(10-5-6-14(17)15(18)8-10)16(21)11-3-2-4-12(19)7-11;/h2-8,13,16,20-21H,9H2,1H3;1H/t13-,16-;/m1./s1. The van der Waals surface area contributed by atoms with Crippen LogP contribution in [0.3, 0.4) is 0 Å². The predicted octanol–water partition coefficient (Wildman–Crippen LogP) is 5.06. The van der Waals surface area contributed by atoms with Crippen molar-refractivity contribution < 1.29 is 5.11 Å². The zero-order valence-electron chi connectivity index (χ0n) is 11.9. The summed E-state index contributed by atoms with van der Waals surface area (Å²) in [6.07, 6.45) is -0.607. The lowest BCUT2D eigenvalue weighted by molar-refractivity contribution is 0.144. The molecule has 120 valence electrons. The molecule has 0 amide bonds. The molecule has 22 heavy (non-hydrogen) atoms. The maximum atomic E-state index is 10.7. The van der Waals surface area contributed by atoms with Gasteiger partial charge in [0.2, 0.25) is 0 Å². The van der Waals surface area contributed by atoms with Crippen LogP contribution in [0.5, 0.6) is 0 Å². The second-order valence-electron chi connectivity index (χ2n) is 4.84. The molecule has 0 saturated heterocycles. The van der Waals surface area contributed by atoms with E-state index >= 15 is 0 Å². The first-order valence-electron chi connectivity index (χ1n) is 6.56. The van der Waals surface area contributed by atoms with Crippen molar-refractivity contribution >= 4 is 58.2 Å². The minimum absolute atomic E-state index is 0. The lowest BCUT2D eigenvalue weighted by atomic mass is 9.89. The lowest BCUT2D eigenvalue weighted by Gasteiger charge is -2.24. The third-order valence-electron chi connectivity index (χ3n) is 3.37. The van der Waals surface area contributed by atoms with Gasteiger partial charge in [-0.3, -0.25) is 0 Å². The Morgan fingerprint density at radius 2 is 1.82 bits per heavy atom. The summed E-state index contributed by atoms with van der Waals surface area (Å²) in [4.78, 5) is 0. The highest BCUT2D eigenvalue weighted by atomic mass is 127. The second-order valence-corrected chi connectivity index (χ2v) is 6.90. The summed E-state index contributed by atoms with van der Waals surface area (Å²) in [5.74, 6) is -0.0945. The van der Waals surface area contributed by atoms with Crippen molar-refractivity contribution in [1.82, 2.24) is 5.32 Å². The minimum Gasteiger partial charge on any atom is -0.388 e. The molecule has 0 fully saturated rings. The summed E-state index contributed by atoms with van der Waals surface area (Å²) in [5.41, 5.74) is 1.86. The van der Waals surface area contributed by atoms with E-state index in [4.69, 9.17) is 23.2 Å². The van der Waals surface area contributed by atoms with Gasteiger partial charge >= 0.3 is 0 Å². The Morgan fingerprint density at radius 3 is 2.41 bits per heavy atom. The molecule has 2 aromatic rings. The van der Waals surface area contributed by atoms with Crippen molar-refractivity contribution in [2.24, 2.45) is 0 Å². The number of hydrogen-bond donors (Lipinski definition) is 2. The fourth-order valence-electron chi connectivity index (χ4n) is 2.30. The molecule has 2 rings (SSSR count). The molecule has 2 N–H and O–H groups in total. The minimum atomic E-state index is -0.607. The quantitative estimate of drug-likeness (QED) is 0.597. The van der Waals surface area contributed by atoms with Crippen LogP contribution in [0.25, 0.3) is 0 Å². The zero-order chi connectivity index (χ0) is 15.4. The van der Waals surface area contributed by atoms with E-state index in [1.54, 1.807) is 6.07 Å². The Kier molecular flexibility index (Phi) is 8.46. The molecule has 0 aliphatic heterocycles. The van der Waals surface area contributed by atoms with E-state index in [-0.39, 0.29) is 18.3 Å². The topological polar surface area (TPSA) is 32.3 Å². The fraction of sp³-hybridized carbons (Fsp3) is 0.250. The van der Waals surface area contributed by atoms with Gasteiger partial charge in [0.25, 0.3) is 0 Å². The van der Waals surface area contributed by atoms with Gasteiger partial charge in [0, 0.05) is 16.0 Å². The molecule has 0 aliphatic rings. The van der Waals surface area contributed by atoms with Gasteiger partial charge in [0.05, 0.1) is 16.1 Å². The second kappa shape index (κ2) is 9.30. The van der Waals surface area contributed by atoms with Crippen molar-refractivity contribution in [3.05, 3.63) is 67.2 Å². The highest BCUT2D eigenvalue weighted by Crippen LogP contribution is 2.34. The van der Waals surface area contributed by atoms with Gasteiger partial charge in [-0.05, 0) is 65.0 Å². The smallest absolute Gasteiger partial charge is 0.0871 e. The van der Waals surface area contributed by atoms with Crippen LogP contribution in [-0.2, 0) is 0 Å². The Balaban J connectivity index is 0.00000242. The average molecular weight is 473 g/mol. The maximum Gasteiger partial charge on any atom is 0.0871 e. The van der Waals surface area contributed by atoms with Gasteiger partial charge in [-0.1, -0.05) is 41.4 Å². The van der Waals surface area contributed by atoms with E-state index in [1.165, 1.54) is 0 Å². The molecule has 2 nitrogen and oxygen atoms in total. The Labute approximate surface area is 160 Å². The van der Waals surface area contributed by atoms with Crippen molar-refractivity contribution in [3.63, 3.8) is 0 Å². The Bertz CT molecular complexity index is 624. The summed E-state index contributed by atoms with van der Waals surface area (Å²) in [6.45, 7) is 0.643. The van der Waals surface area contributed by atoms with E-state index in [0.29, 0.717) is 16.6 Å². The van der Waals surface area contributed by atoms with E-state index in [9.17, 15) is 5.11 Å². The first-order valence-corrected chi connectivity index (χ1v) is 8.39. The number of likely N-dealkylation sites (N-methyl/N-ethyl adjacent to an activating group) is 1. The van der Waals surface area contributed by atoms with Gasteiger partial charge in [-0.2, -0.15) is 0 Å². The third-order valence-corrected chi connectivity index (χ3v) is 4.78. The SMILES string of the molecule is CNC[C@H](c1ccc(Cl)c(Cl)c1)[C@H](O)c1cccc(I)c1.Cl. The highest BCUT2D eigenvalue weighted by Gasteiger charge is 2.23. The summed E-state index contributed by atoms with van der Waals surface area (Å²) < 4.78 is 1.10. The molecule has 0 unspecified atom stereocenters. The van der Waals surface area contributed by atoms with Crippen molar-refractivity contribution in [2.75, 3.05) is 13.6 Å². The summed E-state index contributed by atoms with van der Waals surface area (Å²) in [5, 5.41) is 14.9. The van der Waals surface area contributed by atoms with Crippen LogP contribution < -0.4 is 5.32 Å². The van der Waals surface area contributed by atoms with E-state index in [2.05, 4.69) is 27.9 Å². The normalized spacial score (nSPS) is 13.3. The van der Waals surface area contributed by atoms with Gasteiger partial charge in [-0.15, -0.1) is 12.4 Å². The van der Waals surface area contributed by atoms with E-state index in [0.717, 1.165) is 14.7 Å². The van der Waals surface area contributed by atoms with Crippen LogP contribution in [0.15, 0.2) is 42.5 Å². The largest absolute Gasteiger partial charge is 0.388 e. The predicted molar refractivity (Wildman–Crippen MR) is 104 cm³/mol. The Morgan fingerprint density at radius 1 is 1.09 bits per heavy atom. The maximum absolute atomic E-state index is 10.7. The number of halogens is 4. The molecule has 0 radical (unpaired) electrons. The summed E-state index contributed by atoms with van der Waals surface area (Å²) in [7, 11) is 1.87. The van der Waals surface area contributed by atoms with Crippen LogP contribution in [0.4, 0.5) is 0 Å². The monoisotopic (exact) mass is 471 g/mol. The Hall–Kier alpha value is -0.0400. The molecule has 0 aromatic heterocycles. The van der Waals surface area contributed by atoms with Crippen molar-refractivity contribution in [2.45, 2.75) is 12.0 Å². The molecule has 0 heterocycles. The fourth-order valence-corrected chi connectivity index (χ4v) is 3.17. The first-order chi connectivity index (χ1) is 10.0. The average Bonchev–Trinajstić information content (AvgIpc) is 2.47. The molecule has 2 aromatic carbocycles. The number of aliphatic hydroxyl groups excluding tert-OH is 1. The molecule has 2 atom stereocenters. The van der Waals surface area contributed by atoms with Crippen LogP contribution in [0.1, 0.15) is 23.1 Å².